The van der Waals surface area contributed by atoms with Gasteiger partial charge in [0.25, 0.3) is 0 Å². The van der Waals surface area contributed by atoms with Crippen LogP contribution >= 0.6 is 0 Å². The van der Waals surface area contributed by atoms with Gasteiger partial charge in [0.05, 0.1) is 0 Å². The van der Waals surface area contributed by atoms with Gasteiger partial charge < -0.3 is 15.6 Å². The third-order valence-electron chi connectivity index (χ3n) is 4.40. The molecule has 4 heteroatoms. The largest absolute Gasteiger partial charge is 0.465 e. The first-order valence-electron chi connectivity index (χ1n) is 8.88. The topological polar surface area (TPSA) is 72.6 Å². The fourth-order valence-electron chi connectivity index (χ4n) is 2.99. The quantitative estimate of drug-likeness (QED) is 0.665. The molecule has 0 radical (unpaired) electrons. The number of carbonyl (C=O) groups excluding carboxylic acids is 1. The highest BCUT2D eigenvalue weighted by molar-refractivity contribution is 5.94. The van der Waals surface area contributed by atoms with Gasteiger partial charge in [-0.25, -0.2) is 0 Å². The number of primary amides is 1. The van der Waals surface area contributed by atoms with Crippen molar-refractivity contribution in [1.29, 1.82) is 0 Å². The van der Waals surface area contributed by atoms with E-state index in [1.54, 1.807) is 18.2 Å². The lowest BCUT2D eigenvalue weighted by Crippen LogP contribution is -2.19. The summed E-state index contributed by atoms with van der Waals surface area (Å²) < 4.78 is 5.70. The Morgan fingerprint density at radius 1 is 1.12 bits per heavy atom. The van der Waals surface area contributed by atoms with E-state index < -0.39 is 12.2 Å². The van der Waals surface area contributed by atoms with Crippen LogP contribution in [0.15, 0.2) is 48.5 Å². The Bertz CT molecular complexity index is 699. The number of aliphatic hydroxyl groups excluding tert-OH is 1. The summed E-state index contributed by atoms with van der Waals surface area (Å²) in [5, 5.41) is 10.2. The van der Waals surface area contributed by atoms with Crippen LogP contribution in [0.5, 0.6) is 5.75 Å². The van der Waals surface area contributed by atoms with Crippen LogP contribution in [0.4, 0.5) is 0 Å². The Kier molecular flexibility index (Phi) is 7.02. The molecule has 0 aliphatic carbocycles. The number of aliphatic hydroxyl groups is 1. The molecule has 0 saturated carbocycles. The maximum atomic E-state index is 11.3. The highest BCUT2D eigenvalue weighted by atomic mass is 16.6. The number of amides is 1. The summed E-state index contributed by atoms with van der Waals surface area (Å²) in [7, 11) is 0. The standard InChI is InChI=1S/C21H27NO3/c1-3-7-15(4-2)12-20(23)25-19-11-6-9-17(14-19)16-8-5-10-18(13-16)21(22)24/h5-6,8-11,13-15,20,23H,3-4,7,12H2,1-2H3,(H2,22,24). The summed E-state index contributed by atoms with van der Waals surface area (Å²) in [6.07, 6.45) is 3.05. The van der Waals surface area contributed by atoms with Crippen LogP contribution in [0.3, 0.4) is 0 Å². The van der Waals surface area contributed by atoms with Crippen LogP contribution in [-0.2, 0) is 0 Å². The molecule has 2 rings (SSSR count). The first-order valence-corrected chi connectivity index (χ1v) is 8.88. The summed E-state index contributed by atoms with van der Waals surface area (Å²) in [5.41, 5.74) is 7.60. The predicted octanol–water partition coefficient (Wildman–Crippen LogP) is 4.37. The molecule has 0 spiro atoms. The van der Waals surface area contributed by atoms with Gasteiger partial charge in [0.15, 0.2) is 6.29 Å². The summed E-state index contributed by atoms with van der Waals surface area (Å²) in [5.74, 6) is 0.627. The summed E-state index contributed by atoms with van der Waals surface area (Å²) in [4.78, 5) is 11.3. The maximum absolute atomic E-state index is 11.3. The monoisotopic (exact) mass is 341 g/mol. The van der Waals surface area contributed by atoms with E-state index in [1.807, 2.05) is 30.3 Å². The van der Waals surface area contributed by atoms with Gasteiger partial charge >= 0.3 is 0 Å². The van der Waals surface area contributed by atoms with Gasteiger partial charge in [-0.3, -0.25) is 4.79 Å². The molecule has 0 aliphatic rings. The highest BCUT2D eigenvalue weighted by Gasteiger charge is 2.14. The van der Waals surface area contributed by atoms with E-state index in [4.69, 9.17) is 10.5 Å². The zero-order valence-corrected chi connectivity index (χ0v) is 14.9. The average Bonchev–Trinajstić information content (AvgIpc) is 2.61. The van der Waals surface area contributed by atoms with Gasteiger partial charge in [0.1, 0.15) is 5.75 Å². The molecule has 25 heavy (non-hydrogen) atoms. The van der Waals surface area contributed by atoms with E-state index in [1.165, 1.54) is 0 Å². The molecule has 4 nitrogen and oxygen atoms in total. The van der Waals surface area contributed by atoms with Crippen LogP contribution in [0.2, 0.25) is 0 Å². The molecule has 2 aromatic carbocycles. The molecule has 2 unspecified atom stereocenters. The molecule has 0 bridgehead atoms. The van der Waals surface area contributed by atoms with Crippen molar-refractivity contribution in [3.8, 4) is 16.9 Å². The minimum Gasteiger partial charge on any atom is -0.465 e. The fourth-order valence-corrected chi connectivity index (χ4v) is 2.99. The van der Waals surface area contributed by atoms with Crippen molar-refractivity contribution in [1.82, 2.24) is 0 Å². The Morgan fingerprint density at radius 2 is 1.80 bits per heavy atom. The number of hydrogen-bond acceptors (Lipinski definition) is 3. The molecule has 2 aromatic rings. The van der Waals surface area contributed by atoms with Crippen LogP contribution in [0.1, 0.15) is 49.9 Å². The van der Waals surface area contributed by atoms with Crippen molar-refractivity contribution in [2.75, 3.05) is 0 Å². The zero-order chi connectivity index (χ0) is 18.2. The van der Waals surface area contributed by atoms with Gasteiger partial charge in [-0.05, 0) is 41.3 Å². The van der Waals surface area contributed by atoms with E-state index >= 15 is 0 Å². The van der Waals surface area contributed by atoms with Crippen LogP contribution < -0.4 is 10.5 Å². The van der Waals surface area contributed by atoms with Crippen molar-refractivity contribution in [2.45, 2.75) is 45.8 Å². The number of carbonyl (C=O) groups is 1. The summed E-state index contributed by atoms with van der Waals surface area (Å²) >= 11 is 0. The maximum Gasteiger partial charge on any atom is 0.248 e. The van der Waals surface area contributed by atoms with Crippen molar-refractivity contribution >= 4 is 5.91 Å². The van der Waals surface area contributed by atoms with E-state index in [0.717, 1.165) is 30.4 Å². The van der Waals surface area contributed by atoms with Crippen LogP contribution in [-0.4, -0.2) is 17.3 Å². The second-order valence-electron chi connectivity index (χ2n) is 6.34. The third-order valence-corrected chi connectivity index (χ3v) is 4.40. The molecule has 0 aliphatic heterocycles. The van der Waals surface area contributed by atoms with E-state index in [2.05, 4.69) is 13.8 Å². The van der Waals surface area contributed by atoms with E-state index in [9.17, 15) is 9.90 Å². The first kappa shape index (κ1) is 19.0. The van der Waals surface area contributed by atoms with Crippen LogP contribution in [0, 0.1) is 5.92 Å². The Morgan fingerprint density at radius 3 is 2.44 bits per heavy atom. The number of benzene rings is 2. The number of nitrogens with two attached hydrogens (primary N) is 1. The molecule has 0 aromatic heterocycles. The Hall–Kier alpha value is -2.33. The second-order valence-corrected chi connectivity index (χ2v) is 6.34. The lowest BCUT2D eigenvalue weighted by molar-refractivity contribution is -0.0356. The molecule has 3 N–H and O–H groups in total. The number of ether oxygens (including phenoxy) is 1. The molecule has 134 valence electrons. The Balaban J connectivity index is 2.11. The van der Waals surface area contributed by atoms with Gasteiger partial charge in [-0.2, -0.15) is 0 Å². The van der Waals surface area contributed by atoms with Gasteiger partial charge in [-0.15, -0.1) is 0 Å². The van der Waals surface area contributed by atoms with Crippen molar-refractivity contribution in [3.63, 3.8) is 0 Å². The van der Waals surface area contributed by atoms with Gasteiger partial charge in [0, 0.05) is 12.0 Å². The molecule has 1 amide bonds. The lowest BCUT2D eigenvalue weighted by Gasteiger charge is -2.19. The molecule has 0 fully saturated rings. The Labute approximate surface area is 149 Å². The molecule has 0 saturated heterocycles. The molecular weight excluding hydrogens is 314 g/mol. The van der Waals surface area contributed by atoms with Crippen molar-refractivity contribution in [2.24, 2.45) is 11.7 Å². The minimum atomic E-state index is -0.816. The smallest absolute Gasteiger partial charge is 0.248 e. The normalized spacial score (nSPS) is 13.2. The molecule has 0 heterocycles. The van der Waals surface area contributed by atoms with Crippen molar-refractivity contribution < 1.29 is 14.6 Å². The zero-order valence-electron chi connectivity index (χ0n) is 14.9. The summed E-state index contributed by atoms with van der Waals surface area (Å²) in [6.45, 7) is 4.29. The average molecular weight is 341 g/mol. The number of hydrogen-bond donors (Lipinski definition) is 2. The van der Waals surface area contributed by atoms with E-state index in [0.29, 0.717) is 23.7 Å². The second kappa shape index (κ2) is 9.23. The van der Waals surface area contributed by atoms with E-state index in [-0.39, 0.29) is 0 Å². The molecule has 2 atom stereocenters. The van der Waals surface area contributed by atoms with Crippen LogP contribution in [0.25, 0.3) is 11.1 Å². The first-order chi connectivity index (χ1) is 12.0. The highest BCUT2D eigenvalue weighted by Crippen LogP contribution is 2.26. The lowest BCUT2D eigenvalue weighted by atomic mass is 9.97. The number of rotatable bonds is 9. The predicted molar refractivity (Wildman–Crippen MR) is 100 cm³/mol. The summed E-state index contributed by atoms with van der Waals surface area (Å²) in [6, 6.07) is 14.7. The van der Waals surface area contributed by atoms with Crippen molar-refractivity contribution in [3.05, 3.63) is 54.1 Å². The fraction of sp³-hybridized carbons (Fsp3) is 0.381. The minimum absolute atomic E-state index is 0.453. The SMILES string of the molecule is CCCC(CC)CC(O)Oc1cccc(-c2cccc(C(N)=O)c2)c1. The molecular formula is C21H27NO3. The third kappa shape index (κ3) is 5.61. The van der Waals surface area contributed by atoms with Gasteiger partial charge in [0.2, 0.25) is 5.91 Å². The van der Waals surface area contributed by atoms with Gasteiger partial charge in [-0.1, -0.05) is 57.4 Å².